The minimum absolute atomic E-state index is 0.0173. The van der Waals surface area contributed by atoms with Gasteiger partial charge in [0, 0.05) is 6.92 Å². The third-order valence-electron chi connectivity index (χ3n) is 2.51. The van der Waals surface area contributed by atoms with E-state index in [0.29, 0.717) is 5.71 Å². The van der Waals surface area contributed by atoms with Gasteiger partial charge in [-0.3, -0.25) is 4.79 Å². The summed E-state index contributed by atoms with van der Waals surface area (Å²) in [6, 6.07) is 7.96. The Balaban J connectivity index is 0.000000796. The second kappa shape index (κ2) is 9.07. The Morgan fingerprint density at radius 2 is 1.55 bits per heavy atom. The molecule has 20 heavy (non-hydrogen) atoms. The number of Topliss-reactive ketones (excluding diaryl/α,β-unsaturated/α-hetero) is 1. The minimum atomic E-state index is -1.33. The van der Waals surface area contributed by atoms with E-state index in [-0.39, 0.29) is 11.2 Å². The zero-order valence-corrected chi connectivity index (χ0v) is 15.5. The van der Waals surface area contributed by atoms with E-state index in [2.05, 4.69) is 31.8 Å². The second-order valence-corrected chi connectivity index (χ2v) is 10.6. The molecule has 1 aromatic rings. The van der Waals surface area contributed by atoms with E-state index >= 15 is 0 Å². The van der Waals surface area contributed by atoms with Crippen LogP contribution in [0, 0.1) is 0 Å². The molecule has 0 radical (unpaired) electrons. The molecular formula is C14H19Cl3FeNO. The SMILES string of the molecule is CC(=O)C(C)=Nc1ccccc1C(C)(C)C.[Cl][Fe]([Cl])[Cl]. The molecule has 1 rings (SSSR count). The Hall–Kier alpha value is -0.0505. The van der Waals surface area contributed by atoms with Crippen LogP contribution in [0.4, 0.5) is 5.69 Å². The molecule has 1 aromatic carbocycles. The Labute approximate surface area is 138 Å². The van der Waals surface area contributed by atoms with Gasteiger partial charge in [0.15, 0.2) is 5.78 Å². The van der Waals surface area contributed by atoms with Crippen LogP contribution in [0.5, 0.6) is 0 Å². The first-order valence-corrected chi connectivity index (χ1v) is 10.4. The molecule has 0 unspecified atom stereocenters. The molecule has 0 spiro atoms. The van der Waals surface area contributed by atoms with Gasteiger partial charge in [-0.1, -0.05) is 39.0 Å². The van der Waals surface area contributed by atoms with Crippen molar-refractivity contribution >= 4 is 47.5 Å². The quantitative estimate of drug-likeness (QED) is 0.476. The maximum atomic E-state index is 11.2. The Bertz CT molecular complexity index is 479. The Morgan fingerprint density at radius 1 is 1.10 bits per heavy atom. The van der Waals surface area contributed by atoms with E-state index in [4.69, 9.17) is 30.3 Å². The number of para-hydroxylation sites is 1. The van der Waals surface area contributed by atoms with Crippen LogP contribution in [0.2, 0.25) is 0 Å². The molecule has 0 aliphatic rings. The summed E-state index contributed by atoms with van der Waals surface area (Å²) in [5.41, 5.74) is 2.65. The van der Waals surface area contributed by atoms with Crippen molar-refractivity contribution in [2.45, 2.75) is 40.0 Å². The van der Waals surface area contributed by atoms with Crippen LogP contribution < -0.4 is 0 Å². The topological polar surface area (TPSA) is 29.4 Å². The molecule has 0 aliphatic heterocycles. The van der Waals surface area contributed by atoms with Crippen LogP contribution in [-0.2, 0) is 21.4 Å². The number of ketones is 1. The van der Waals surface area contributed by atoms with Gasteiger partial charge in [0.25, 0.3) is 0 Å². The summed E-state index contributed by atoms with van der Waals surface area (Å²) < 4.78 is 0. The second-order valence-electron chi connectivity index (χ2n) is 5.17. The summed E-state index contributed by atoms with van der Waals surface area (Å²) >= 11 is -1.33. The van der Waals surface area contributed by atoms with Gasteiger partial charge < -0.3 is 0 Å². The Morgan fingerprint density at radius 3 is 1.95 bits per heavy atom. The van der Waals surface area contributed by atoms with Crippen molar-refractivity contribution in [3.63, 3.8) is 0 Å². The number of carbonyl (C=O) groups is 1. The number of aliphatic imine (C=N–C) groups is 1. The molecule has 6 heteroatoms. The predicted molar refractivity (Wildman–Crippen MR) is 86.2 cm³/mol. The van der Waals surface area contributed by atoms with Gasteiger partial charge in [-0.25, -0.2) is 4.99 Å². The number of rotatable bonds is 2. The fourth-order valence-corrected chi connectivity index (χ4v) is 1.46. The first kappa shape index (κ1) is 19.9. The van der Waals surface area contributed by atoms with E-state index in [0.717, 1.165) is 11.3 Å². The van der Waals surface area contributed by atoms with Crippen LogP contribution in [-0.4, -0.2) is 11.5 Å². The zero-order valence-electron chi connectivity index (χ0n) is 12.2. The van der Waals surface area contributed by atoms with Gasteiger partial charge in [0.1, 0.15) is 0 Å². The molecule has 0 aliphatic carbocycles. The molecule has 0 heterocycles. The fraction of sp³-hybridized carbons (Fsp3) is 0.429. The number of hydrogen-bond acceptors (Lipinski definition) is 2. The third-order valence-corrected chi connectivity index (χ3v) is 2.51. The number of carbonyl (C=O) groups excluding carboxylic acids is 1. The summed E-state index contributed by atoms with van der Waals surface area (Å²) in [6.07, 6.45) is 0. The molecule has 0 fully saturated rings. The first-order chi connectivity index (χ1) is 9.05. The summed E-state index contributed by atoms with van der Waals surface area (Å²) in [5, 5.41) is 0. The molecule has 2 nitrogen and oxygen atoms in total. The molecule has 0 bridgehead atoms. The van der Waals surface area contributed by atoms with E-state index in [1.807, 2.05) is 18.2 Å². The predicted octanol–water partition coefficient (Wildman–Crippen LogP) is 5.73. The molecule has 0 atom stereocenters. The van der Waals surface area contributed by atoms with Crippen LogP contribution in [0.25, 0.3) is 0 Å². The van der Waals surface area contributed by atoms with E-state index in [9.17, 15) is 4.79 Å². The van der Waals surface area contributed by atoms with E-state index in [1.54, 1.807) is 13.8 Å². The summed E-state index contributed by atoms with van der Waals surface area (Å²) in [5.74, 6) is 0.0173. The zero-order chi connectivity index (χ0) is 15.9. The average molecular weight is 380 g/mol. The maximum absolute atomic E-state index is 11.2. The molecule has 0 N–H and O–H groups in total. The first-order valence-electron chi connectivity index (χ1n) is 5.88. The van der Waals surface area contributed by atoms with Crippen molar-refractivity contribution in [3.8, 4) is 0 Å². The van der Waals surface area contributed by atoms with Crippen molar-refractivity contribution in [2.75, 3.05) is 0 Å². The standard InChI is InChI=1S/C14H19NO.3ClH.Fe/c1-10(11(2)16)15-13-9-7-6-8-12(13)14(3,4)5;;;;/h6-9H,1-5H3;3*1H;/q;;;;+3/p-3. The van der Waals surface area contributed by atoms with Crippen molar-refractivity contribution in [1.29, 1.82) is 0 Å². The molecule has 0 saturated carbocycles. The van der Waals surface area contributed by atoms with Gasteiger partial charge in [0.05, 0.1) is 11.4 Å². The summed E-state index contributed by atoms with van der Waals surface area (Å²) in [7, 11) is 14.7. The molecule has 0 amide bonds. The van der Waals surface area contributed by atoms with E-state index in [1.165, 1.54) is 0 Å². The van der Waals surface area contributed by atoms with Crippen LogP contribution in [0.3, 0.4) is 0 Å². The number of halogens is 3. The van der Waals surface area contributed by atoms with Crippen molar-refractivity contribution in [1.82, 2.24) is 0 Å². The van der Waals surface area contributed by atoms with Crippen molar-refractivity contribution < 1.29 is 16.0 Å². The number of benzene rings is 1. The van der Waals surface area contributed by atoms with Crippen molar-refractivity contribution in [2.24, 2.45) is 4.99 Å². The van der Waals surface area contributed by atoms with Gasteiger partial charge in [-0.15, -0.1) is 0 Å². The van der Waals surface area contributed by atoms with Gasteiger partial charge in [-0.2, -0.15) is 0 Å². The summed E-state index contributed by atoms with van der Waals surface area (Å²) in [6.45, 7) is 9.72. The normalized spacial score (nSPS) is 12.4. The Kier molecular flexibility index (Phi) is 9.04. The van der Waals surface area contributed by atoms with Gasteiger partial charge in [-0.05, 0) is 24.0 Å². The third kappa shape index (κ3) is 8.28. The van der Waals surface area contributed by atoms with Crippen LogP contribution in [0.1, 0.15) is 40.2 Å². The fourth-order valence-electron chi connectivity index (χ4n) is 1.46. The van der Waals surface area contributed by atoms with Gasteiger partial charge >= 0.3 is 41.5 Å². The van der Waals surface area contributed by atoms with Crippen LogP contribution >= 0.6 is 30.3 Å². The molecular weight excluding hydrogens is 360 g/mol. The van der Waals surface area contributed by atoms with Crippen LogP contribution in [0.15, 0.2) is 29.3 Å². The van der Waals surface area contributed by atoms with Gasteiger partial charge in [0.2, 0.25) is 0 Å². The molecule has 0 saturated heterocycles. The molecule has 115 valence electrons. The molecule has 0 aromatic heterocycles. The number of nitrogens with zero attached hydrogens (tertiary/aromatic N) is 1. The van der Waals surface area contributed by atoms with Crippen molar-refractivity contribution in [3.05, 3.63) is 29.8 Å². The van der Waals surface area contributed by atoms with E-state index < -0.39 is 11.2 Å². The number of hydrogen-bond donors (Lipinski definition) is 0. The average Bonchev–Trinajstić information content (AvgIpc) is 2.27. The monoisotopic (exact) mass is 378 g/mol. The summed E-state index contributed by atoms with van der Waals surface area (Å²) in [4.78, 5) is 15.6.